The number of hydrogen-bond donors (Lipinski definition) is 2. The van der Waals surface area contributed by atoms with E-state index in [9.17, 15) is 9.59 Å². The van der Waals surface area contributed by atoms with Crippen LogP contribution in [0.3, 0.4) is 0 Å². The number of furan rings is 2. The van der Waals surface area contributed by atoms with Gasteiger partial charge in [-0.1, -0.05) is 6.07 Å². The lowest BCUT2D eigenvalue weighted by Gasteiger charge is -2.10. The second-order valence-corrected chi connectivity index (χ2v) is 6.77. The molecule has 4 rings (SSSR count). The molecule has 0 radical (unpaired) electrons. The normalized spacial score (nSPS) is 12.7. The summed E-state index contributed by atoms with van der Waals surface area (Å²) in [7, 11) is 0. The number of rotatable bonds is 6. The number of hydrogen-bond acceptors (Lipinski definition) is 6. The molecular formula is C20H15BrN2O6. The summed E-state index contributed by atoms with van der Waals surface area (Å²) in [6.45, 7) is 0.315. The lowest BCUT2D eigenvalue weighted by Crippen LogP contribution is -2.34. The number of carbonyl (C=O) groups excluding carboxylic acids is 2. The van der Waals surface area contributed by atoms with Crippen LogP contribution in [-0.2, 0) is 11.3 Å². The lowest BCUT2D eigenvalue weighted by molar-refractivity contribution is -0.118. The van der Waals surface area contributed by atoms with Gasteiger partial charge in [-0.15, -0.1) is 0 Å². The second kappa shape index (κ2) is 8.27. The van der Waals surface area contributed by atoms with Gasteiger partial charge >= 0.3 is 0 Å². The molecule has 148 valence electrons. The number of amides is 2. The van der Waals surface area contributed by atoms with Crippen molar-refractivity contribution in [2.45, 2.75) is 6.54 Å². The van der Waals surface area contributed by atoms with E-state index in [2.05, 4.69) is 26.6 Å². The van der Waals surface area contributed by atoms with Crippen LogP contribution in [0.5, 0.6) is 11.5 Å². The van der Waals surface area contributed by atoms with E-state index in [1.165, 1.54) is 18.4 Å². The maximum absolute atomic E-state index is 12.7. The van der Waals surface area contributed by atoms with Crippen LogP contribution in [0.25, 0.3) is 6.08 Å². The third-order valence-electron chi connectivity index (χ3n) is 4.00. The monoisotopic (exact) mass is 458 g/mol. The Hall–Kier alpha value is -3.46. The van der Waals surface area contributed by atoms with E-state index < -0.39 is 11.8 Å². The molecule has 1 aliphatic heterocycles. The summed E-state index contributed by atoms with van der Waals surface area (Å²) in [4.78, 5) is 25.2. The highest BCUT2D eigenvalue weighted by atomic mass is 79.9. The summed E-state index contributed by atoms with van der Waals surface area (Å²) in [5, 5.41) is 5.29. The van der Waals surface area contributed by atoms with Crippen molar-refractivity contribution >= 4 is 33.8 Å². The van der Waals surface area contributed by atoms with Gasteiger partial charge < -0.3 is 28.9 Å². The molecule has 2 amide bonds. The van der Waals surface area contributed by atoms with E-state index in [4.69, 9.17) is 18.3 Å². The van der Waals surface area contributed by atoms with E-state index in [-0.39, 0.29) is 24.8 Å². The van der Waals surface area contributed by atoms with Gasteiger partial charge in [0.15, 0.2) is 21.9 Å². The topological polar surface area (TPSA) is 103 Å². The van der Waals surface area contributed by atoms with Crippen molar-refractivity contribution in [3.05, 3.63) is 76.2 Å². The van der Waals surface area contributed by atoms with Gasteiger partial charge in [-0.25, -0.2) is 0 Å². The van der Waals surface area contributed by atoms with Gasteiger partial charge in [0.05, 0.1) is 12.8 Å². The minimum atomic E-state index is -0.559. The Morgan fingerprint density at radius 1 is 1.10 bits per heavy atom. The maximum atomic E-state index is 12.7. The fourth-order valence-electron chi connectivity index (χ4n) is 2.62. The van der Waals surface area contributed by atoms with Gasteiger partial charge in [0.25, 0.3) is 11.8 Å². The molecule has 0 atom stereocenters. The average Bonchev–Trinajstić information content (AvgIpc) is 3.46. The molecule has 29 heavy (non-hydrogen) atoms. The maximum Gasteiger partial charge on any atom is 0.291 e. The molecule has 0 spiro atoms. The van der Waals surface area contributed by atoms with Crippen LogP contribution in [0, 0.1) is 0 Å². The number of halogens is 1. The fourth-order valence-corrected chi connectivity index (χ4v) is 2.93. The predicted molar refractivity (Wildman–Crippen MR) is 105 cm³/mol. The van der Waals surface area contributed by atoms with E-state index in [1.807, 2.05) is 0 Å². The molecule has 3 heterocycles. The predicted octanol–water partition coefficient (Wildman–Crippen LogP) is 3.45. The fraction of sp³-hybridized carbons (Fsp3) is 0.100. The van der Waals surface area contributed by atoms with E-state index in [0.29, 0.717) is 27.5 Å². The van der Waals surface area contributed by atoms with Crippen molar-refractivity contribution in [1.82, 2.24) is 10.6 Å². The van der Waals surface area contributed by atoms with Crippen molar-refractivity contribution in [2.75, 3.05) is 6.79 Å². The summed E-state index contributed by atoms with van der Waals surface area (Å²) in [6.07, 6.45) is 3.05. The first-order valence-electron chi connectivity index (χ1n) is 8.57. The molecule has 1 aliphatic rings. The Kier molecular flexibility index (Phi) is 5.39. The third kappa shape index (κ3) is 4.52. The summed E-state index contributed by atoms with van der Waals surface area (Å²) in [5.74, 6) is 0.786. The van der Waals surface area contributed by atoms with E-state index >= 15 is 0 Å². The van der Waals surface area contributed by atoms with Gasteiger partial charge in [-0.2, -0.15) is 0 Å². The summed E-state index contributed by atoms with van der Waals surface area (Å²) in [5.41, 5.74) is 0.686. The van der Waals surface area contributed by atoms with E-state index in [0.717, 1.165) is 0 Å². The minimum absolute atomic E-state index is 0.0351. The van der Waals surface area contributed by atoms with E-state index in [1.54, 1.807) is 36.4 Å². The molecule has 9 heteroatoms. The van der Waals surface area contributed by atoms with Crippen molar-refractivity contribution in [1.29, 1.82) is 0 Å². The molecule has 2 aromatic heterocycles. The third-order valence-corrected chi connectivity index (χ3v) is 4.43. The smallest absolute Gasteiger partial charge is 0.291 e. The van der Waals surface area contributed by atoms with Crippen LogP contribution in [0.15, 0.2) is 67.9 Å². The Morgan fingerprint density at radius 2 is 1.97 bits per heavy atom. The highest BCUT2D eigenvalue weighted by molar-refractivity contribution is 9.10. The number of fused-ring (bicyclic) bond motifs is 1. The molecule has 0 saturated heterocycles. The summed E-state index contributed by atoms with van der Waals surface area (Å²) >= 11 is 3.15. The van der Waals surface area contributed by atoms with Gasteiger partial charge in [0.1, 0.15) is 11.5 Å². The minimum Gasteiger partial charge on any atom is -0.467 e. The number of benzene rings is 1. The summed E-state index contributed by atoms with van der Waals surface area (Å²) < 4.78 is 21.5. The van der Waals surface area contributed by atoms with Crippen LogP contribution in [0.1, 0.15) is 21.9 Å². The number of carbonyl (C=O) groups is 2. The second-order valence-electron chi connectivity index (χ2n) is 5.99. The SMILES string of the molecule is O=C(NCc1ccco1)/C(=C/c1ccc2c(c1)OCO2)NC(=O)c1ccc(Br)o1. The van der Waals surface area contributed by atoms with Crippen LogP contribution in [0.4, 0.5) is 0 Å². The quantitative estimate of drug-likeness (QED) is 0.548. The molecule has 2 N–H and O–H groups in total. The zero-order valence-electron chi connectivity index (χ0n) is 14.9. The Morgan fingerprint density at radius 3 is 2.72 bits per heavy atom. The molecule has 0 aliphatic carbocycles. The first kappa shape index (κ1) is 18.9. The molecular weight excluding hydrogens is 444 g/mol. The standard InChI is InChI=1S/C20H15BrN2O6/c21-18-6-5-16(29-18)20(25)23-14(19(24)22-10-13-2-1-7-26-13)8-12-3-4-15-17(9-12)28-11-27-15/h1-9H,10-11H2,(H,22,24)(H,23,25)/b14-8-. The molecule has 3 aromatic rings. The van der Waals surface area contributed by atoms with Crippen LogP contribution in [-0.4, -0.2) is 18.6 Å². The number of nitrogens with one attached hydrogen (secondary N) is 2. The molecule has 0 unspecified atom stereocenters. The first-order valence-corrected chi connectivity index (χ1v) is 9.36. The number of ether oxygens (including phenoxy) is 2. The van der Waals surface area contributed by atoms with Crippen LogP contribution >= 0.6 is 15.9 Å². The zero-order chi connectivity index (χ0) is 20.2. The average molecular weight is 459 g/mol. The van der Waals surface area contributed by atoms with Gasteiger partial charge in [-0.05, 0) is 64.0 Å². The molecule has 8 nitrogen and oxygen atoms in total. The molecule has 0 fully saturated rings. The molecule has 0 bridgehead atoms. The lowest BCUT2D eigenvalue weighted by atomic mass is 10.1. The van der Waals surface area contributed by atoms with Crippen LogP contribution in [0.2, 0.25) is 0 Å². The van der Waals surface area contributed by atoms with Crippen LogP contribution < -0.4 is 20.1 Å². The zero-order valence-corrected chi connectivity index (χ0v) is 16.5. The van der Waals surface area contributed by atoms with Gasteiger partial charge in [-0.3, -0.25) is 9.59 Å². The Labute approximate surface area is 173 Å². The Balaban J connectivity index is 1.57. The van der Waals surface area contributed by atoms with Crippen molar-refractivity contribution in [3.63, 3.8) is 0 Å². The Bertz CT molecular complexity index is 1070. The highest BCUT2D eigenvalue weighted by Gasteiger charge is 2.18. The largest absolute Gasteiger partial charge is 0.467 e. The molecule has 1 aromatic carbocycles. The van der Waals surface area contributed by atoms with Gasteiger partial charge in [0.2, 0.25) is 6.79 Å². The highest BCUT2D eigenvalue weighted by Crippen LogP contribution is 2.33. The van der Waals surface area contributed by atoms with Gasteiger partial charge in [0, 0.05) is 0 Å². The molecule has 0 saturated carbocycles. The summed E-state index contributed by atoms with van der Waals surface area (Å²) in [6, 6.07) is 11.8. The van der Waals surface area contributed by atoms with Crippen molar-refractivity contribution in [3.8, 4) is 11.5 Å². The van der Waals surface area contributed by atoms with Crippen molar-refractivity contribution in [2.24, 2.45) is 0 Å². The van der Waals surface area contributed by atoms with Crippen molar-refractivity contribution < 1.29 is 27.9 Å². The first-order chi connectivity index (χ1) is 14.1.